The number of carbonyl (C=O) groups is 2. The molecular weight excluding hydrogens is 336 g/mol. The van der Waals surface area contributed by atoms with Crippen LogP contribution in [0.3, 0.4) is 0 Å². The van der Waals surface area contributed by atoms with Crippen LogP contribution < -0.4 is 5.32 Å². The summed E-state index contributed by atoms with van der Waals surface area (Å²) in [6, 6.07) is 6.38. The van der Waals surface area contributed by atoms with Crippen molar-refractivity contribution < 1.29 is 19.8 Å². The lowest BCUT2D eigenvalue weighted by Gasteiger charge is -2.18. The molecule has 3 rings (SSSR count). The summed E-state index contributed by atoms with van der Waals surface area (Å²) in [5.41, 5.74) is 0.738. The van der Waals surface area contributed by atoms with Gasteiger partial charge in [0.05, 0.1) is 12.1 Å². The van der Waals surface area contributed by atoms with E-state index in [1.165, 1.54) is 0 Å². The third-order valence-electron chi connectivity index (χ3n) is 4.47. The number of carboxylic acid groups (broad SMARTS) is 2. The highest BCUT2D eigenvalue weighted by Gasteiger charge is 2.21. The first kappa shape index (κ1) is 18.1. The molecule has 0 aliphatic carbocycles. The number of nitrogens with one attached hydrogen (secondary N) is 1. The monoisotopic (exact) mass is 358 g/mol. The molecule has 1 saturated heterocycles. The highest BCUT2D eigenvalue weighted by molar-refractivity contribution is 5.91. The topological polar surface area (TPSA) is 116 Å². The highest BCUT2D eigenvalue weighted by atomic mass is 16.4. The van der Waals surface area contributed by atoms with Crippen molar-refractivity contribution in [3.05, 3.63) is 30.1 Å². The number of hydrogen-bond acceptors (Lipinski definition) is 6. The van der Waals surface area contributed by atoms with E-state index in [1.54, 1.807) is 0 Å². The lowest BCUT2D eigenvalue weighted by molar-refractivity contribution is -0.139. The van der Waals surface area contributed by atoms with E-state index in [2.05, 4.69) is 20.2 Å². The summed E-state index contributed by atoms with van der Waals surface area (Å²) in [4.78, 5) is 33.7. The standard InChI is InChI=1S/C18H22N4O4/c23-16(24)8-7-14(18(25)26)20-17-12-5-1-2-6-13(12)19-15(21-17)11-22-9-3-4-10-22/h1-2,5-6,14H,3-4,7-11H2,(H,23,24)(H,25,26)(H,19,20,21). The predicted molar refractivity (Wildman–Crippen MR) is 96.0 cm³/mol. The number of carboxylic acids is 2. The van der Waals surface area contributed by atoms with E-state index < -0.39 is 18.0 Å². The second-order valence-electron chi connectivity index (χ2n) is 6.46. The molecule has 1 aliphatic rings. The van der Waals surface area contributed by atoms with Gasteiger partial charge in [-0.05, 0) is 44.5 Å². The number of aliphatic carboxylic acids is 2. The Bertz CT molecular complexity index is 805. The van der Waals surface area contributed by atoms with Gasteiger partial charge in [0.25, 0.3) is 0 Å². The van der Waals surface area contributed by atoms with Crippen LogP contribution in [0, 0.1) is 0 Å². The van der Waals surface area contributed by atoms with Crippen LogP contribution in [0.1, 0.15) is 31.5 Å². The Morgan fingerprint density at radius 1 is 1.15 bits per heavy atom. The molecule has 1 atom stereocenters. The summed E-state index contributed by atoms with van der Waals surface area (Å²) in [6.07, 6.45) is 2.07. The van der Waals surface area contributed by atoms with E-state index >= 15 is 0 Å². The Hall–Kier alpha value is -2.74. The van der Waals surface area contributed by atoms with Gasteiger partial charge in [-0.3, -0.25) is 9.69 Å². The van der Waals surface area contributed by atoms with E-state index in [0.717, 1.165) is 36.8 Å². The van der Waals surface area contributed by atoms with Gasteiger partial charge in [0.1, 0.15) is 17.7 Å². The molecule has 8 heteroatoms. The maximum atomic E-state index is 11.5. The number of rotatable bonds is 8. The van der Waals surface area contributed by atoms with Gasteiger partial charge in [-0.15, -0.1) is 0 Å². The zero-order valence-electron chi connectivity index (χ0n) is 14.4. The summed E-state index contributed by atoms with van der Waals surface area (Å²) < 4.78 is 0. The van der Waals surface area contributed by atoms with Gasteiger partial charge in [0.15, 0.2) is 0 Å². The number of hydrogen-bond donors (Lipinski definition) is 3. The summed E-state index contributed by atoms with van der Waals surface area (Å²) >= 11 is 0. The van der Waals surface area contributed by atoms with Gasteiger partial charge < -0.3 is 15.5 Å². The Kier molecular flexibility index (Phi) is 5.62. The molecule has 1 aromatic heterocycles. The molecule has 3 N–H and O–H groups in total. The average molecular weight is 358 g/mol. The predicted octanol–water partition coefficient (Wildman–Crippen LogP) is 1.96. The fraction of sp³-hybridized carbons (Fsp3) is 0.444. The number of likely N-dealkylation sites (tertiary alicyclic amines) is 1. The molecular formula is C18H22N4O4. The average Bonchev–Trinajstić information content (AvgIpc) is 3.11. The molecule has 138 valence electrons. The van der Waals surface area contributed by atoms with Crippen LogP contribution in [-0.4, -0.2) is 56.2 Å². The third kappa shape index (κ3) is 4.45. The van der Waals surface area contributed by atoms with Gasteiger partial charge in [-0.2, -0.15) is 0 Å². The van der Waals surface area contributed by atoms with Gasteiger partial charge in [-0.25, -0.2) is 14.8 Å². The van der Waals surface area contributed by atoms with Crippen molar-refractivity contribution in [3.8, 4) is 0 Å². The maximum Gasteiger partial charge on any atom is 0.326 e. The number of nitrogens with zero attached hydrogens (tertiary/aromatic N) is 3. The van der Waals surface area contributed by atoms with Gasteiger partial charge in [-0.1, -0.05) is 12.1 Å². The zero-order valence-corrected chi connectivity index (χ0v) is 14.4. The van der Waals surface area contributed by atoms with Crippen LogP contribution in [0.5, 0.6) is 0 Å². The first-order chi connectivity index (χ1) is 12.5. The SMILES string of the molecule is O=C(O)CCC(Nc1nc(CN2CCCC2)nc2ccccc12)C(=O)O. The first-order valence-electron chi connectivity index (χ1n) is 8.72. The van der Waals surface area contributed by atoms with Crippen molar-refractivity contribution in [1.82, 2.24) is 14.9 Å². The minimum atomic E-state index is -1.10. The van der Waals surface area contributed by atoms with E-state index in [-0.39, 0.29) is 12.8 Å². The second kappa shape index (κ2) is 8.09. The van der Waals surface area contributed by atoms with E-state index in [1.807, 2.05) is 24.3 Å². The fourth-order valence-corrected chi connectivity index (χ4v) is 3.14. The summed E-state index contributed by atoms with van der Waals surface area (Å²) in [5.74, 6) is -1.06. The van der Waals surface area contributed by atoms with E-state index in [9.17, 15) is 14.7 Å². The Balaban J connectivity index is 1.88. The van der Waals surface area contributed by atoms with Crippen molar-refractivity contribution in [1.29, 1.82) is 0 Å². The Morgan fingerprint density at radius 3 is 2.58 bits per heavy atom. The molecule has 1 aromatic carbocycles. The number of para-hydroxylation sites is 1. The molecule has 0 saturated carbocycles. The van der Waals surface area contributed by atoms with Gasteiger partial charge >= 0.3 is 11.9 Å². The number of benzene rings is 1. The molecule has 26 heavy (non-hydrogen) atoms. The summed E-state index contributed by atoms with van der Waals surface area (Å²) in [5, 5.41) is 21.9. The number of anilines is 1. The first-order valence-corrected chi connectivity index (χ1v) is 8.72. The van der Waals surface area contributed by atoms with E-state index in [0.29, 0.717) is 18.2 Å². The normalized spacial score (nSPS) is 15.8. The van der Waals surface area contributed by atoms with Crippen LogP contribution in [0.2, 0.25) is 0 Å². The quantitative estimate of drug-likeness (QED) is 0.656. The highest BCUT2D eigenvalue weighted by Crippen LogP contribution is 2.23. The smallest absolute Gasteiger partial charge is 0.326 e. The third-order valence-corrected chi connectivity index (χ3v) is 4.47. The lowest BCUT2D eigenvalue weighted by Crippen LogP contribution is -2.31. The van der Waals surface area contributed by atoms with Crippen molar-refractivity contribution in [3.63, 3.8) is 0 Å². The van der Waals surface area contributed by atoms with Gasteiger partial charge in [0, 0.05) is 11.8 Å². The van der Waals surface area contributed by atoms with Crippen molar-refractivity contribution in [2.45, 2.75) is 38.3 Å². The largest absolute Gasteiger partial charge is 0.481 e. The van der Waals surface area contributed by atoms with Crippen LogP contribution >= 0.6 is 0 Å². The molecule has 1 aliphatic heterocycles. The fourth-order valence-electron chi connectivity index (χ4n) is 3.14. The van der Waals surface area contributed by atoms with E-state index in [4.69, 9.17) is 5.11 Å². The molecule has 2 aromatic rings. The Labute approximate surface area is 150 Å². The number of fused-ring (bicyclic) bond motifs is 1. The minimum Gasteiger partial charge on any atom is -0.481 e. The minimum absolute atomic E-state index is 0.0234. The number of aromatic nitrogens is 2. The molecule has 0 amide bonds. The second-order valence-corrected chi connectivity index (χ2v) is 6.46. The molecule has 8 nitrogen and oxygen atoms in total. The van der Waals surface area contributed by atoms with Crippen molar-refractivity contribution in [2.75, 3.05) is 18.4 Å². The molecule has 0 spiro atoms. The summed E-state index contributed by atoms with van der Waals surface area (Å²) in [7, 11) is 0. The lowest BCUT2D eigenvalue weighted by atomic mass is 10.1. The van der Waals surface area contributed by atoms with Crippen LogP contribution in [0.15, 0.2) is 24.3 Å². The van der Waals surface area contributed by atoms with Crippen molar-refractivity contribution in [2.24, 2.45) is 0 Å². The molecule has 1 fully saturated rings. The van der Waals surface area contributed by atoms with Crippen LogP contribution in [0.25, 0.3) is 10.9 Å². The molecule has 0 bridgehead atoms. The molecule has 1 unspecified atom stereocenters. The van der Waals surface area contributed by atoms with Crippen LogP contribution in [0.4, 0.5) is 5.82 Å². The maximum absolute atomic E-state index is 11.5. The molecule has 2 heterocycles. The van der Waals surface area contributed by atoms with Crippen molar-refractivity contribution >= 4 is 28.7 Å². The van der Waals surface area contributed by atoms with Gasteiger partial charge in [0.2, 0.25) is 0 Å². The van der Waals surface area contributed by atoms with Crippen LogP contribution in [-0.2, 0) is 16.1 Å². The zero-order chi connectivity index (χ0) is 18.5. The summed E-state index contributed by atoms with van der Waals surface area (Å²) in [6.45, 7) is 2.64. The molecule has 0 radical (unpaired) electrons. The Morgan fingerprint density at radius 2 is 1.88 bits per heavy atom.